The first-order valence-electron chi connectivity index (χ1n) is 6.01. The molecule has 0 bridgehead atoms. The summed E-state index contributed by atoms with van der Waals surface area (Å²) in [6, 6.07) is 6.10. The maximum Gasteiger partial charge on any atom is 0.162 e. The van der Waals surface area contributed by atoms with Crippen LogP contribution in [-0.4, -0.2) is 9.97 Å². The van der Waals surface area contributed by atoms with Crippen molar-refractivity contribution in [3.05, 3.63) is 43.6 Å². The van der Waals surface area contributed by atoms with Gasteiger partial charge in [-0.05, 0) is 47.0 Å². The lowest BCUT2D eigenvalue weighted by Gasteiger charge is -2.09. The molecule has 0 aliphatic carbocycles. The van der Waals surface area contributed by atoms with Gasteiger partial charge in [0.15, 0.2) is 5.82 Å². The van der Waals surface area contributed by atoms with E-state index in [2.05, 4.69) is 48.8 Å². The monoisotopic (exact) mass is 402 g/mol. The molecular formula is C14H13Br2ClN2. The highest BCUT2D eigenvalue weighted by molar-refractivity contribution is 9.11. The standard InChI is InChI=1S/C14H13Br2ClN2/c1-3-4-11-12(16)13(17)19-14(18-11)9-6-5-8(2)7-10(9)15/h5-7H,3-4H2,1-2H3. The van der Waals surface area contributed by atoms with Gasteiger partial charge in [0.05, 0.1) is 10.2 Å². The zero-order valence-electron chi connectivity index (χ0n) is 10.7. The predicted molar refractivity (Wildman–Crippen MR) is 86.6 cm³/mol. The Morgan fingerprint density at radius 2 is 1.95 bits per heavy atom. The molecular weight excluding hydrogens is 391 g/mol. The van der Waals surface area contributed by atoms with Crippen LogP contribution in [-0.2, 0) is 6.42 Å². The lowest BCUT2D eigenvalue weighted by molar-refractivity contribution is 0.868. The van der Waals surface area contributed by atoms with Crippen LogP contribution in [0.15, 0.2) is 27.1 Å². The van der Waals surface area contributed by atoms with Crippen molar-refractivity contribution in [2.24, 2.45) is 0 Å². The predicted octanol–water partition coefficient (Wildman–Crippen LogP) is 5.58. The fourth-order valence-electron chi connectivity index (χ4n) is 1.79. The molecule has 1 heterocycles. The second-order valence-corrected chi connectivity index (χ2v) is 6.34. The number of benzene rings is 1. The van der Waals surface area contributed by atoms with Gasteiger partial charge in [0.25, 0.3) is 0 Å². The zero-order chi connectivity index (χ0) is 14.0. The van der Waals surface area contributed by atoms with Crippen molar-refractivity contribution in [1.29, 1.82) is 0 Å². The lowest BCUT2D eigenvalue weighted by atomic mass is 10.1. The van der Waals surface area contributed by atoms with Crippen LogP contribution in [0.3, 0.4) is 0 Å². The second kappa shape index (κ2) is 6.33. The summed E-state index contributed by atoms with van der Waals surface area (Å²) < 4.78 is 1.77. The summed E-state index contributed by atoms with van der Waals surface area (Å²) in [5, 5.41) is 0.459. The highest BCUT2D eigenvalue weighted by Gasteiger charge is 2.13. The highest BCUT2D eigenvalue weighted by Crippen LogP contribution is 2.31. The van der Waals surface area contributed by atoms with Crippen LogP contribution in [0, 0.1) is 6.92 Å². The second-order valence-electron chi connectivity index (χ2n) is 4.33. The molecule has 0 saturated carbocycles. The zero-order valence-corrected chi connectivity index (χ0v) is 14.6. The molecule has 19 heavy (non-hydrogen) atoms. The molecule has 5 heteroatoms. The van der Waals surface area contributed by atoms with Gasteiger partial charge in [0.2, 0.25) is 0 Å². The first kappa shape index (κ1) is 14.9. The van der Waals surface area contributed by atoms with E-state index in [4.69, 9.17) is 11.6 Å². The molecule has 0 atom stereocenters. The Morgan fingerprint density at radius 3 is 2.58 bits per heavy atom. The normalized spacial score (nSPS) is 10.8. The fourth-order valence-corrected chi connectivity index (χ4v) is 3.02. The maximum atomic E-state index is 6.17. The summed E-state index contributed by atoms with van der Waals surface area (Å²) >= 11 is 13.2. The van der Waals surface area contributed by atoms with Gasteiger partial charge >= 0.3 is 0 Å². The molecule has 1 aromatic carbocycles. The van der Waals surface area contributed by atoms with Crippen molar-refractivity contribution in [2.75, 3.05) is 0 Å². The number of aromatic nitrogens is 2. The quantitative estimate of drug-likeness (QED) is 0.624. The minimum absolute atomic E-state index is 0.459. The maximum absolute atomic E-state index is 6.17. The van der Waals surface area contributed by atoms with Crippen LogP contribution in [0.5, 0.6) is 0 Å². The van der Waals surface area contributed by atoms with Crippen LogP contribution in [0.2, 0.25) is 5.15 Å². The average Bonchev–Trinajstić information content (AvgIpc) is 2.35. The Kier molecular flexibility index (Phi) is 4.98. The summed E-state index contributed by atoms with van der Waals surface area (Å²) in [6.45, 7) is 4.16. The summed E-state index contributed by atoms with van der Waals surface area (Å²) in [6.07, 6.45) is 1.89. The van der Waals surface area contributed by atoms with E-state index in [1.165, 1.54) is 5.56 Å². The topological polar surface area (TPSA) is 25.8 Å². The molecule has 0 N–H and O–H groups in total. The van der Waals surface area contributed by atoms with Gasteiger partial charge < -0.3 is 0 Å². The fraction of sp³-hybridized carbons (Fsp3) is 0.286. The van der Waals surface area contributed by atoms with Crippen LogP contribution in [0.1, 0.15) is 24.6 Å². The molecule has 0 unspecified atom stereocenters. The molecule has 0 fully saturated rings. The molecule has 2 aromatic rings. The highest BCUT2D eigenvalue weighted by atomic mass is 79.9. The molecule has 2 rings (SSSR count). The number of halogens is 3. The summed E-state index contributed by atoms with van der Waals surface area (Å²) in [7, 11) is 0. The molecule has 0 spiro atoms. The molecule has 2 nitrogen and oxygen atoms in total. The van der Waals surface area contributed by atoms with Gasteiger partial charge in [-0.1, -0.05) is 46.9 Å². The van der Waals surface area contributed by atoms with E-state index in [9.17, 15) is 0 Å². The Hall–Kier alpha value is -0.450. The Labute approximate surface area is 134 Å². The van der Waals surface area contributed by atoms with Crippen molar-refractivity contribution < 1.29 is 0 Å². The van der Waals surface area contributed by atoms with Gasteiger partial charge in [0, 0.05) is 10.0 Å². The third kappa shape index (κ3) is 3.36. The van der Waals surface area contributed by atoms with E-state index in [1.807, 2.05) is 25.1 Å². The average molecular weight is 405 g/mol. The first-order valence-corrected chi connectivity index (χ1v) is 7.97. The van der Waals surface area contributed by atoms with E-state index >= 15 is 0 Å². The summed E-state index contributed by atoms with van der Waals surface area (Å²) in [5.41, 5.74) is 3.09. The number of nitrogens with zero attached hydrogens (tertiary/aromatic N) is 2. The van der Waals surface area contributed by atoms with Gasteiger partial charge in [-0.15, -0.1) is 0 Å². The number of aryl methyl sites for hydroxylation is 2. The number of hydrogen-bond acceptors (Lipinski definition) is 2. The summed E-state index contributed by atoms with van der Waals surface area (Å²) in [5.74, 6) is 0.656. The van der Waals surface area contributed by atoms with Crippen LogP contribution < -0.4 is 0 Å². The van der Waals surface area contributed by atoms with E-state index in [0.717, 1.165) is 33.0 Å². The summed E-state index contributed by atoms with van der Waals surface area (Å²) in [4.78, 5) is 8.96. The third-order valence-corrected chi connectivity index (χ3v) is 4.72. The first-order chi connectivity index (χ1) is 9.02. The smallest absolute Gasteiger partial charge is 0.162 e. The molecule has 0 aliphatic heterocycles. The van der Waals surface area contributed by atoms with E-state index in [0.29, 0.717) is 11.0 Å². The third-order valence-electron chi connectivity index (χ3n) is 2.73. The van der Waals surface area contributed by atoms with Crippen LogP contribution >= 0.6 is 43.5 Å². The number of hydrogen-bond donors (Lipinski definition) is 0. The minimum atomic E-state index is 0.459. The van der Waals surface area contributed by atoms with Gasteiger partial charge in [-0.3, -0.25) is 0 Å². The molecule has 0 aliphatic rings. The molecule has 0 amide bonds. The van der Waals surface area contributed by atoms with Crippen molar-refractivity contribution in [3.63, 3.8) is 0 Å². The molecule has 0 radical (unpaired) electrons. The lowest BCUT2D eigenvalue weighted by Crippen LogP contribution is -1.99. The molecule has 100 valence electrons. The largest absolute Gasteiger partial charge is 0.232 e. The SMILES string of the molecule is CCCc1nc(-c2ccc(C)cc2Br)nc(Cl)c1Br. The van der Waals surface area contributed by atoms with Crippen LogP contribution in [0.25, 0.3) is 11.4 Å². The Morgan fingerprint density at radius 1 is 1.21 bits per heavy atom. The van der Waals surface area contributed by atoms with Crippen LogP contribution in [0.4, 0.5) is 0 Å². The van der Waals surface area contributed by atoms with Gasteiger partial charge in [-0.25, -0.2) is 9.97 Å². The van der Waals surface area contributed by atoms with Crippen molar-refractivity contribution >= 4 is 43.5 Å². The van der Waals surface area contributed by atoms with Crippen molar-refractivity contribution in [3.8, 4) is 11.4 Å². The van der Waals surface area contributed by atoms with Crippen molar-refractivity contribution in [2.45, 2.75) is 26.7 Å². The van der Waals surface area contributed by atoms with Gasteiger partial charge in [0.1, 0.15) is 5.15 Å². The Balaban J connectivity index is 2.56. The van der Waals surface area contributed by atoms with E-state index < -0.39 is 0 Å². The molecule has 0 saturated heterocycles. The molecule has 1 aromatic heterocycles. The minimum Gasteiger partial charge on any atom is -0.232 e. The Bertz CT molecular complexity index is 615. The van der Waals surface area contributed by atoms with E-state index in [1.54, 1.807) is 0 Å². The van der Waals surface area contributed by atoms with Gasteiger partial charge in [-0.2, -0.15) is 0 Å². The number of rotatable bonds is 3. The van der Waals surface area contributed by atoms with E-state index in [-0.39, 0.29) is 0 Å². The van der Waals surface area contributed by atoms with Crippen molar-refractivity contribution in [1.82, 2.24) is 9.97 Å².